The van der Waals surface area contributed by atoms with Crippen molar-refractivity contribution in [3.8, 4) is 5.75 Å². The molecule has 0 spiro atoms. The van der Waals surface area contributed by atoms with Crippen molar-refractivity contribution in [2.45, 2.75) is 45.8 Å². The first-order valence-electron chi connectivity index (χ1n) is 10.9. The van der Waals surface area contributed by atoms with Crippen molar-refractivity contribution >= 4 is 17.5 Å². The second kappa shape index (κ2) is 10.6. The van der Waals surface area contributed by atoms with Gasteiger partial charge in [-0.05, 0) is 49.1 Å². The summed E-state index contributed by atoms with van der Waals surface area (Å²) < 4.78 is 5.95. The van der Waals surface area contributed by atoms with Crippen LogP contribution in [0.1, 0.15) is 61.1 Å². The van der Waals surface area contributed by atoms with Gasteiger partial charge in [0.2, 0.25) is 0 Å². The van der Waals surface area contributed by atoms with Gasteiger partial charge in [0.05, 0.1) is 17.3 Å². The van der Waals surface area contributed by atoms with Crippen LogP contribution in [-0.4, -0.2) is 17.9 Å². The van der Waals surface area contributed by atoms with Crippen LogP contribution in [0.25, 0.3) is 0 Å². The van der Waals surface area contributed by atoms with E-state index < -0.39 is 6.10 Å². The first kappa shape index (κ1) is 23.1. The number of nitrogens with one attached hydrogen (secondary N) is 2. The van der Waals surface area contributed by atoms with Crippen molar-refractivity contribution in [3.05, 3.63) is 95.6 Å². The van der Waals surface area contributed by atoms with Gasteiger partial charge in [0, 0.05) is 0 Å². The Morgan fingerprint density at radius 3 is 2.12 bits per heavy atom. The van der Waals surface area contributed by atoms with Crippen LogP contribution in [0, 0.1) is 0 Å². The van der Waals surface area contributed by atoms with Gasteiger partial charge < -0.3 is 15.4 Å². The highest BCUT2D eigenvalue weighted by Gasteiger charge is 2.20. The quantitative estimate of drug-likeness (QED) is 0.481. The Kier molecular flexibility index (Phi) is 7.66. The van der Waals surface area contributed by atoms with Crippen molar-refractivity contribution in [1.82, 2.24) is 5.32 Å². The molecule has 0 fully saturated rings. The molecule has 0 bridgehead atoms. The Bertz CT molecular complexity index is 1060. The smallest absolute Gasteiger partial charge is 0.265 e. The van der Waals surface area contributed by atoms with E-state index in [1.54, 1.807) is 31.2 Å². The third-order valence-electron chi connectivity index (χ3n) is 5.29. The molecule has 5 heteroatoms. The lowest BCUT2D eigenvalue weighted by molar-refractivity contribution is -0.122. The number of benzene rings is 3. The molecule has 0 heterocycles. The summed E-state index contributed by atoms with van der Waals surface area (Å²) in [5.41, 5.74) is 2.90. The minimum Gasteiger partial charge on any atom is -0.481 e. The van der Waals surface area contributed by atoms with Crippen LogP contribution in [0.3, 0.4) is 0 Å². The van der Waals surface area contributed by atoms with Crippen molar-refractivity contribution in [1.29, 1.82) is 0 Å². The molecular weight excluding hydrogens is 400 g/mol. The predicted octanol–water partition coefficient (Wildman–Crippen LogP) is 5.71. The molecule has 0 saturated heterocycles. The third kappa shape index (κ3) is 5.76. The molecule has 0 aromatic heterocycles. The number of rotatable bonds is 8. The lowest BCUT2D eigenvalue weighted by atomic mass is 10.0. The minimum atomic E-state index is -0.728. The number of amides is 2. The summed E-state index contributed by atoms with van der Waals surface area (Å²) in [4.78, 5) is 25.8. The van der Waals surface area contributed by atoms with Crippen LogP contribution in [0.4, 0.5) is 5.69 Å². The van der Waals surface area contributed by atoms with Crippen molar-refractivity contribution in [2.24, 2.45) is 0 Å². The molecule has 5 nitrogen and oxygen atoms in total. The first-order chi connectivity index (χ1) is 15.4. The average molecular weight is 431 g/mol. The SMILES string of the molecule is CC(Oc1ccccc1C(C)C)C(=O)Nc1ccccc1C(=O)NC(C)c1ccccc1. The van der Waals surface area contributed by atoms with Gasteiger partial charge in [0.25, 0.3) is 11.8 Å². The Balaban J connectivity index is 1.70. The lowest BCUT2D eigenvalue weighted by Gasteiger charge is -2.20. The predicted molar refractivity (Wildman–Crippen MR) is 128 cm³/mol. The largest absolute Gasteiger partial charge is 0.481 e. The second-order valence-corrected chi connectivity index (χ2v) is 8.09. The zero-order chi connectivity index (χ0) is 23.1. The van der Waals surface area contributed by atoms with E-state index in [2.05, 4.69) is 24.5 Å². The summed E-state index contributed by atoms with van der Waals surface area (Å²) in [6, 6.07) is 24.3. The van der Waals surface area contributed by atoms with Gasteiger partial charge in [0.1, 0.15) is 5.75 Å². The van der Waals surface area contributed by atoms with Gasteiger partial charge in [-0.1, -0.05) is 74.5 Å². The summed E-state index contributed by atoms with van der Waals surface area (Å²) in [5, 5.41) is 5.84. The number of hydrogen-bond donors (Lipinski definition) is 2. The molecular formula is C27H30N2O3. The fourth-order valence-electron chi connectivity index (χ4n) is 3.43. The van der Waals surface area contributed by atoms with E-state index in [0.717, 1.165) is 11.1 Å². The van der Waals surface area contributed by atoms with Crippen LogP contribution in [-0.2, 0) is 4.79 Å². The summed E-state index contributed by atoms with van der Waals surface area (Å²) in [6.45, 7) is 7.79. The van der Waals surface area contributed by atoms with Crippen LogP contribution < -0.4 is 15.4 Å². The normalized spacial score (nSPS) is 12.7. The summed E-state index contributed by atoms with van der Waals surface area (Å²) in [7, 11) is 0. The zero-order valence-electron chi connectivity index (χ0n) is 19.0. The maximum atomic E-state index is 12.9. The van der Waals surface area contributed by atoms with E-state index >= 15 is 0 Å². The van der Waals surface area contributed by atoms with Crippen LogP contribution in [0.15, 0.2) is 78.9 Å². The Morgan fingerprint density at radius 1 is 0.781 bits per heavy atom. The Hall–Kier alpha value is -3.60. The van der Waals surface area contributed by atoms with Gasteiger partial charge in [-0.25, -0.2) is 0 Å². The first-order valence-corrected chi connectivity index (χ1v) is 10.9. The molecule has 0 aliphatic carbocycles. The highest BCUT2D eigenvalue weighted by atomic mass is 16.5. The molecule has 3 aromatic rings. The van der Waals surface area contributed by atoms with Gasteiger partial charge >= 0.3 is 0 Å². The molecule has 166 valence electrons. The molecule has 0 aliphatic heterocycles. The molecule has 0 saturated carbocycles. The third-order valence-corrected chi connectivity index (χ3v) is 5.29. The Morgan fingerprint density at radius 2 is 1.41 bits per heavy atom. The number of ether oxygens (including phenoxy) is 1. The van der Waals surface area contributed by atoms with Crippen molar-refractivity contribution in [3.63, 3.8) is 0 Å². The number of hydrogen-bond acceptors (Lipinski definition) is 3. The van der Waals surface area contributed by atoms with Gasteiger partial charge in [-0.2, -0.15) is 0 Å². The second-order valence-electron chi connectivity index (χ2n) is 8.09. The number of carbonyl (C=O) groups is 2. The molecule has 2 amide bonds. The van der Waals surface area contributed by atoms with E-state index in [1.807, 2.05) is 61.5 Å². The minimum absolute atomic E-state index is 0.165. The van der Waals surface area contributed by atoms with E-state index in [-0.39, 0.29) is 23.8 Å². The Labute approximate surface area is 189 Å². The van der Waals surface area contributed by atoms with E-state index in [9.17, 15) is 9.59 Å². The average Bonchev–Trinajstić information content (AvgIpc) is 2.80. The maximum Gasteiger partial charge on any atom is 0.265 e. The molecule has 3 rings (SSSR count). The monoisotopic (exact) mass is 430 g/mol. The van der Waals surface area contributed by atoms with Gasteiger partial charge in [0.15, 0.2) is 6.10 Å². The highest BCUT2D eigenvalue weighted by molar-refractivity contribution is 6.04. The van der Waals surface area contributed by atoms with Crippen LogP contribution in [0.5, 0.6) is 5.75 Å². The number of anilines is 1. The number of para-hydroxylation sites is 2. The van der Waals surface area contributed by atoms with Crippen LogP contribution >= 0.6 is 0 Å². The summed E-state index contributed by atoms with van der Waals surface area (Å²) >= 11 is 0. The van der Waals surface area contributed by atoms with E-state index in [1.165, 1.54) is 0 Å². The maximum absolute atomic E-state index is 12.9. The summed E-state index contributed by atoms with van der Waals surface area (Å²) in [5.74, 6) is 0.390. The standard InChI is InChI=1S/C27H30N2O3/c1-18(2)22-14-9-11-17-25(22)32-20(4)26(30)29-24-16-10-8-15-23(24)27(31)28-19(3)21-12-6-5-7-13-21/h5-20H,1-4H3,(H,28,31)(H,29,30). The van der Waals surface area contributed by atoms with Crippen molar-refractivity contribution < 1.29 is 14.3 Å². The molecule has 0 aliphatic rings. The van der Waals surface area contributed by atoms with Crippen molar-refractivity contribution in [2.75, 3.05) is 5.32 Å². The molecule has 0 radical (unpaired) electrons. The fraction of sp³-hybridized carbons (Fsp3) is 0.259. The fourth-order valence-corrected chi connectivity index (χ4v) is 3.43. The van der Waals surface area contributed by atoms with Gasteiger partial charge in [-0.15, -0.1) is 0 Å². The lowest BCUT2D eigenvalue weighted by Crippen LogP contribution is -2.32. The van der Waals surface area contributed by atoms with Gasteiger partial charge in [-0.3, -0.25) is 9.59 Å². The molecule has 2 atom stereocenters. The zero-order valence-corrected chi connectivity index (χ0v) is 19.0. The van der Waals surface area contributed by atoms with E-state index in [4.69, 9.17) is 4.74 Å². The van der Waals surface area contributed by atoms with Crippen LogP contribution in [0.2, 0.25) is 0 Å². The summed E-state index contributed by atoms with van der Waals surface area (Å²) in [6.07, 6.45) is -0.728. The molecule has 2 unspecified atom stereocenters. The number of carbonyl (C=O) groups excluding carboxylic acids is 2. The highest BCUT2D eigenvalue weighted by Crippen LogP contribution is 2.27. The topological polar surface area (TPSA) is 67.4 Å². The molecule has 3 aromatic carbocycles. The molecule has 32 heavy (non-hydrogen) atoms. The molecule has 2 N–H and O–H groups in total. The van der Waals surface area contributed by atoms with E-state index in [0.29, 0.717) is 17.0 Å².